The van der Waals surface area contributed by atoms with Crippen LogP contribution in [0.15, 0.2) is 121 Å². The molecule has 0 bridgehead atoms. The van der Waals surface area contributed by atoms with Gasteiger partial charge in [-0.05, 0) is 153 Å². The number of hydrogen-bond acceptors (Lipinski definition) is 10. The summed E-state index contributed by atoms with van der Waals surface area (Å²) in [5.74, 6) is -0.148. The van der Waals surface area contributed by atoms with Crippen molar-refractivity contribution in [3.05, 3.63) is 149 Å². The van der Waals surface area contributed by atoms with Gasteiger partial charge in [-0.15, -0.1) is 11.3 Å². The summed E-state index contributed by atoms with van der Waals surface area (Å²) in [6.07, 6.45) is -2.15. The van der Waals surface area contributed by atoms with Gasteiger partial charge in [-0.1, -0.05) is 69.3 Å². The summed E-state index contributed by atoms with van der Waals surface area (Å²) >= 11 is 7.27. The molecule has 2 saturated heterocycles. The van der Waals surface area contributed by atoms with Crippen LogP contribution < -0.4 is 29.9 Å². The molecule has 2 aliphatic heterocycles. The standard InChI is InChI=1S/C58H58F3N7O6S2/c1-36-49(76-35-64-36)40-13-11-37(12-14-40)34-63-52(70)48-10-9-29-66(48)53(71)50(56(2,3)4)65-51(69)41-20-27-46(28-21-41)74-31-8-7-30-73-45-25-18-39(19-26-45)38-15-22-43(23-16-38)68-55(75)67(54(72)57(68,5)6)44-24-17-42(33-62)47(32-44)58(59,60)61/h11-28,32,35,48,50H,7-10,29-31,34H2,1-6H3,(H,63,70)(H,65,69)/t48-,50+/m0/s1. The Hall–Kier alpha value is -7.62. The Morgan fingerprint density at radius 1 is 0.855 bits per heavy atom. The molecular formula is C58H58F3N7O6S2. The number of unbranched alkanes of at least 4 members (excludes halogenated alkanes) is 1. The van der Waals surface area contributed by atoms with Gasteiger partial charge in [0.15, 0.2) is 5.11 Å². The normalized spacial score (nSPS) is 15.8. The van der Waals surface area contributed by atoms with Crippen molar-refractivity contribution in [2.75, 3.05) is 29.6 Å². The zero-order valence-corrected chi connectivity index (χ0v) is 44.6. The molecule has 13 nitrogen and oxygen atoms in total. The van der Waals surface area contributed by atoms with E-state index in [9.17, 15) is 37.6 Å². The minimum atomic E-state index is -4.80. The number of carbonyl (C=O) groups is 4. The van der Waals surface area contributed by atoms with Gasteiger partial charge in [0.25, 0.3) is 11.8 Å². The van der Waals surface area contributed by atoms with Crippen LogP contribution in [0.1, 0.15) is 93.0 Å². The lowest BCUT2D eigenvalue weighted by molar-refractivity contribution is -0.141. The van der Waals surface area contributed by atoms with Crippen LogP contribution in [0.4, 0.5) is 24.5 Å². The van der Waals surface area contributed by atoms with Crippen molar-refractivity contribution in [3.63, 3.8) is 0 Å². The lowest BCUT2D eigenvalue weighted by Gasteiger charge is -2.35. The third kappa shape index (κ3) is 12.1. The Bertz CT molecular complexity index is 3150. The number of nitriles is 1. The van der Waals surface area contributed by atoms with E-state index in [2.05, 4.69) is 15.6 Å². The molecule has 2 atom stereocenters. The summed E-state index contributed by atoms with van der Waals surface area (Å²) in [5.41, 5.74) is 3.92. The first-order chi connectivity index (χ1) is 36.1. The topological polar surface area (TPSA) is 157 Å². The third-order valence-corrected chi connectivity index (χ3v) is 14.9. The summed E-state index contributed by atoms with van der Waals surface area (Å²) in [7, 11) is 0. The highest BCUT2D eigenvalue weighted by Crippen LogP contribution is 2.40. The number of thiocarbonyl (C=S) groups is 1. The highest BCUT2D eigenvalue weighted by molar-refractivity contribution is 7.81. The number of aromatic nitrogens is 1. The number of rotatable bonds is 17. The molecule has 1 aromatic heterocycles. The van der Waals surface area contributed by atoms with Gasteiger partial charge in [0.2, 0.25) is 11.8 Å². The fraction of sp³-hybridized carbons (Fsp3) is 0.328. The Morgan fingerprint density at radius 2 is 1.43 bits per heavy atom. The third-order valence-electron chi connectivity index (χ3n) is 13.5. The minimum Gasteiger partial charge on any atom is -0.494 e. The molecule has 5 aromatic carbocycles. The first-order valence-corrected chi connectivity index (χ1v) is 26.2. The molecule has 18 heteroatoms. The molecular weight excluding hydrogens is 1010 g/mol. The van der Waals surface area contributed by atoms with Crippen molar-refractivity contribution in [2.24, 2.45) is 5.41 Å². The van der Waals surface area contributed by atoms with Crippen LogP contribution in [0, 0.1) is 23.7 Å². The predicted molar refractivity (Wildman–Crippen MR) is 291 cm³/mol. The average molecular weight is 1070 g/mol. The maximum atomic E-state index is 14.1. The molecule has 6 aromatic rings. The van der Waals surface area contributed by atoms with Crippen LogP contribution in [0.3, 0.4) is 0 Å². The average Bonchev–Trinajstić information content (AvgIpc) is 4.14. The number of anilines is 2. The van der Waals surface area contributed by atoms with Gasteiger partial charge >= 0.3 is 6.18 Å². The molecule has 76 heavy (non-hydrogen) atoms. The van der Waals surface area contributed by atoms with Crippen LogP contribution in [0.2, 0.25) is 0 Å². The maximum absolute atomic E-state index is 14.1. The predicted octanol–water partition coefficient (Wildman–Crippen LogP) is 11.3. The Labute approximate surface area is 449 Å². The van der Waals surface area contributed by atoms with E-state index in [1.54, 1.807) is 77.5 Å². The van der Waals surface area contributed by atoms with Gasteiger partial charge in [-0.3, -0.25) is 24.1 Å². The lowest BCUT2D eigenvalue weighted by Crippen LogP contribution is -2.57. The number of nitrogens with one attached hydrogen (secondary N) is 2. The number of benzene rings is 5. The van der Waals surface area contributed by atoms with Crippen LogP contribution >= 0.6 is 23.6 Å². The number of halogens is 3. The summed E-state index contributed by atoms with van der Waals surface area (Å²) in [4.78, 5) is 64.6. The first kappa shape index (κ1) is 54.6. The quantitative estimate of drug-likeness (QED) is 0.0665. The van der Waals surface area contributed by atoms with E-state index in [0.717, 1.165) is 56.3 Å². The highest BCUT2D eigenvalue weighted by atomic mass is 32.1. The van der Waals surface area contributed by atoms with Crippen molar-refractivity contribution in [3.8, 4) is 39.1 Å². The largest absolute Gasteiger partial charge is 0.494 e. The molecule has 2 aliphatic rings. The van der Waals surface area contributed by atoms with Crippen molar-refractivity contribution in [2.45, 2.75) is 97.6 Å². The van der Waals surface area contributed by atoms with Crippen molar-refractivity contribution in [1.82, 2.24) is 20.5 Å². The van der Waals surface area contributed by atoms with Gasteiger partial charge < -0.3 is 29.9 Å². The Morgan fingerprint density at radius 3 is 2.00 bits per heavy atom. The second kappa shape index (κ2) is 22.7. The number of amides is 4. The summed E-state index contributed by atoms with van der Waals surface area (Å²) in [6.45, 7) is 12.6. The fourth-order valence-corrected chi connectivity index (χ4v) is 10.6. The van der Waals surface area contributed by atoms with Crippen LogP contribution in [0.5, 0.6) is 11.5 Å². The van der Waals surface area contributed by atoms with Crippen molar-refractivity contribution >= 4 is 63.7 Å². The molecule has 394 valence electrons. The summed E-state index contributed by atoms with van der Waals surface area (Å²) < 4.78 is 53.3. The smallest absolute Gasteiger partial charge is 0.417 e. The second-order valence-corrected chi connectivity index (χ2v) is 21.5. The molecule has 4 amide bonds. The van der Waals surface area contributed by atoms with Crippen molar-refractivity contribution in [1.29, 1.82) is 5.26 Å². The number of thiazole rings is 1. The SMILES string of the molecule is Cc1ncsc1-c1ccc(CNC(=O)[C@@H]2CCCN2C(=O)[C@@H](NC(=O)c2ccc(OCCCCOc3ccc(-c4ccc(N5C(=S)N(c6ccc(C#N)c(C(F)(F)F)c6)C(=O)C5(C)C)cc4)cc3)cc2)C(C)(C)C)cc1. The van der Waals surface area contributed by atoms with Crippen LogP contribution in [-0.2, 0) is 27.1 Å². The number of ether oxygens (including phenoxy) is 2. The molecule has 0 radical (unpaired) electrons. The first-order valence-electron chi connectivity index (χ1n) is 24.9. The van der Waals surface area contributed by atoms with E-state index < -0.39 is 52.2 Å². The van der Waals surface area contributed by atoms with E-state index in [4.69, 9.17) is 21.7 Å². The van der Waals surface area contributed by atoms with E-state index in [-0.39, 0.29) is 22.6 Å². The number of aryl methyl sites for hydroxylation is 1. The van der Waals surface area contributed by atoms with E-state index in [0.29, 0.717) is 68.3 Å². The fourth-order valence-electron chi connectivity index (χ4n) is 9.28. The number of hydrogen-bond donors (Lipinski definition) is 2. The second-order valence-electron chi connectivity index (χ2n) is 20.3. The number of carbonyl (C=O) groups excluding carboxylic acids is 4. The molecule has 8 rings (SSSR count). The highest BCUT2D eigenvalue weighted by Gasteiger charge is 2.51. The molecule has 0 spiro atoms. The van der Waals surface area contributed by atoms with Gasteiger partial charge in [-0.25, -0.2) is 4.98 Å². The zero-order chi connectivity index (χ0) is 54.5. The number of nitrogens with zero attached hydrogens (tertiary/aromatic N) is 5. The number of alkyl halides is 3. The molecule has 2 fully saturated rings. The molecule has 0 unspecified atom stereocenters. The van der Waals surface area contributed by atoms with E-state index in [1.807, 2.05) is 93.9 Å². The van der Waals surface area contributed by atoms with E-state index in [1.165, 1.54) is 6.07 Å². The van der Waals surface area contributed by atoms with Crippen LogP contribution in [0.25, 0.3) is 21.6 Å². The van der Waals surface area contributed by atoms with Gasteiger partial charge in [-0.2, -0.15) is 18.4 Å². The Kier molecular flexibility index (Phi) is 16.3. The van der Waals surface area contributed by atoms with E-state index >= 15 is 0 Å². The van der Waals surface area contributed by atoms with Gasteiger partial charge in [0.05, 0.1) is 52.2 Å². The zero-order valence-electron chi connectivity index (χ0n) is 43.0. The van der Waals surface area contributed by atoms with Gasteiger partial charge in [0, 0.05) is 24.3 Å². The van der Waals surface area contributed by atoms with Gasteiger partial charge in [0.1, 0.15) is 29.1 Å². The van der Waals surface area contributed by atoms with Crippen LogP contribution in [-0.4, -0.2) is 76.0 Å². The molecule has 0 saturated carbocycles. The lowest BCUT2D eigenvalue weighted by atomic mass is 9.85. The van der Waals surface area contributed by atoms with Crippen molar-refractivity contribution < 1.29 is 41.8 Å². The Balaban J connectivity index is 0.770. The number of likely N-dealkylation sites (tertiary alicyclic amines) is 1. The molecule has 0 aliphatic carbocycles. The minimum absolute atomic E-state index is 0.0144. The maximum Gasteiger partial charge on any atom is 0.417 e. The molecule has 3 heterocycles. The summed E-state index contributed by atoms with van der Waals surface area (Å²) in [5, 5.41) is 15.2. The monoisotopic (exact) mass is 1070 g/mol. The molecule has 2 N–H and O–H groups in total. The summed E-state index contributed by atoms with van der Waals surface area (Å²) in [6, 6.07) is 32.8.